The van der Waals surface area contributed by atoms with Crippen LogP contribution in [0.5, 0.6) is 0 Å². The van der Waals surface area contributed by atoms with Gasteiger partial charge in [-0.05, 0) is 70.8 Å². The van der Waals surface area contributed by atoms with Gasteiger partial charge in [-0.3, -0.25) is 0 Å². The van der Waals surface area contributed by atoms with Crippen molar-refractivity contribution in [3.05, 3.63) is 217 Å². The molecule has 1 aliphatic rings. The minimum absolute atomic E-state index is 0.199. The highest BCUT2D eigenvalue weighted by atomic mass is 15.0. The molecule has 0 saturated heterocycles. The molecule has 3 aromatic heterocycles. The van der Waals surface area contributed by atoms with E-state index in [4.69, 9.17) is 9.97 Å². The van der Waals surface area contributed by atoms with Crippen LogP contribution in [0.3, 0.4) is 0 Å². The third-order valence-corrected chi connectivity index (χ3v) is 11.8. The third-order valence-electron chi connectivity index (χ3n) is 11.8. The molecule has 0 aliphatic heterocycles. The van der Waals surface area contributed by atoms with Gasteiger partial charge in [-0.2, -0.15) is 0 Å². The summed E-state index contributed by atoms with van der Waals surface area (Å²) >= 11 is 0. The van der Waals surface area contributed by atoms with Gasteiger partial charge in [0.15, 0.2) is 0 Å². The molecule has 266 valence electrons. The Balaban J connectivity index is 1.13. The van der Waals surface area contributed by atoms with E-state index in [0.717, 1.165) is 39.7 Å². The minimum Gasteiger partial charge on any atom is -0.309 e. The fraction of sp³-hybridized carbons (Fsp3) is 0.0189. The van der Waals surface area contributed by atoms with E-state index in [-0.39, 0.29) is 5.92 Å². The summed E-state index contributed by atoms with van der Waals surface area (Å²) in [5, 5.41) is 4.94. The number of para-hydroxylation sites is 4. The van der Waals surface area contributed by atoms with E-state index in [1.165, 1.54) is 65.9 Å². The molecule has 3 heterocycles. The molecule has 0 N–H and O–H groups in total. The lowest BCUT2D eigenvalue weighted by molar-refractivity contribution is 0.880. The quantitative estimate of drug-likeness (QED) is 0.177. The molecule has 1 atom stereocenters. The van der Waals surface area contributed by atoms with Crippen LogP contribution in [0.2, 0.25) is 0 Å². The minimum atomic E-state index is -0.199. The Labute approximate surface area is 329 Å². The van der Waals surface area contributed by atoms with Crippen molar-refractivity contribution < 1.29 is 0 Å². The SMILES string of the molecule is c1ccc(-c2cc(-c3cccc(-n4c5ccccc5c5ccccc54)c3)nc(C3c4ccccc4-c4ccc5c6ccccc6n(-c6ccccc6)c5c43)n2)cc1. The number of aromatic nitrogens is 4. The average molecular weight is 727 g/mol. The van der Waals surface area contributed by atoms with Crippen LogP contribution in [0.4, 0.5) is 0 Å². The van der Waals surface area contributed by atoms with Crippen LogP contribution in [-0.4, -0.2) is 19.1 Å². The van der Waals surface area contributed by atoms with Gasteiger partial charge in [0, 0.05) is 44.0 Å². The number of nitrogens with zero attached hydrogens (tertiary/aromatic N) is 4. The Morgan fingerprint density at radius 1 is 0.368 bits per heavy atom. The van der Waals surface area contributed by atoms with Gasteiger partial charge < -0.3 is 9.13 Å². The highest BCUT2D eigenvalue weighted by molar-refractivity contribution is 6.13. The summed E-state index contributed by atoms with van der Waals surface area (Å²) in [5.74, 6) is 0.590. The van der Waals surface area contributed by atoms with Crippen molar-refractivity contribution in [1.29, 1.82) is 0 Å². The Morgan fingerprint density at radius 3 is 1.63 bits per heavy atom. The van der Waals surface area contributed by atoms with Gasteiger partial charge in [0.2, 0.25) is 0 Å². The van der Waals surface area contributed by atoms with Crippen molar-refractivity contribution in [3.63, 3.8) is 0 Å². The molecule has 0 saturated carbocycles. The molecular weight excluding hydrogens is 693 g/mol. The summed E-state index contributed by atoms with van der Waals surface area (Å²) in [6.45, 7) is 0. The molecule has 11 aromatic rings. The first-order valence-electron chi connectivity index (χ1n) is 19.5. The predicted octanol–water partition coefficient (Wildman–Crippen LogP) is 13.2. The number of rotatable bonds is 5. The van der Waals surface area contributed by atoms with Gasteiger partial charge in [0.05, 0.1) is 39.4 Å². The summed E-state index contributed by atoms with van der Waals surface area (Å²) in [7, 11) is 0. The first-order valence-corrected chi connectivity index (χ1v) is 19.5. The lowest BCUT2D eigenvalue weighted by Crippen LogP contribution is -2.09. The van der Waals surface area contributed by atoms with E-state index in [9.17, 15) is 0 Å². The standard InChI is InChI=1S/C53H34N4/c1-3-16-34(17-4-1)45-33-46(35-18-15-21-37(32-35)56-47-27-12-9-23-39(47)40-24-10-13-28-48(40)56)55-53(54-45)51-42-26-8-7-22-38(42)43-30-31-44-41-25-11-14-29-49(41)57(52(44)50(43)51)36-19-5-2-6-20-36/h1-33,51H. The van der Waals surface area contributed by atoms with Gasteiger partial charge in [0.1, 0.15) is 5.82 Å². The second kappa shape index (κ2) is 12.5. The van der Waals surface area contributed by atoms with Gasteiger partial charge in [-0.1, -0.05) is 152 Å². The molecule has 0 spiro atoms. The molecular formula is C53H34N4. The zero-order chi connectivity index (χ0) is 37.5. The van der Waals surface area contributed by atoms with E-state index >= 15 is 0 Å². The monoisotopic (exact) mass is 726 g/mol. The van der Waals surface area contributed by atoms with E-state index in [1.807, 2.05) is 0 Å². The van der Waals surface area contributed by atoms with Crippen molar-refractivity contribution >= 4 is 43.6 Å². The fourth-order valence-corrected chi connectivity index (χ4v) is 9.38. The Bertz CT molecular complexity index is 3300. The van der Waals surface area contributed by atoms with Gasteiger partial charge in [-0.25, -0.2) is 9.97 Å². The predicted molar refractivity (Wildman–Crippen MR) is 234 cm³/mol. The number of hydrogen-bond donors (Lipinski definition) is 0. The van der Waals surface area contributed by atoms with E-state index in [0.29, 0.717) is 0 Å². The molecule has 57 heavy (non-hydrogen) atoms. The van der Waals surface area contributed by atoms with Crippen molar-refractivity contribution in [2.75, 3.05) is 0 Å². The average Bonchev–Trinajstić information content (AvgIpc) is 3.93. The Hall–Kier alpha value is -7.56. The van der Waals surface area contributed by atoms with E-state index in [1.54, 1.807) is 0 Å². The smallest absolute Gasteiger partial charge is 0.141 e. The van der Waals surface area contributed by atoms with Crippen LogP contribution in [0.1, 0.15) is 22.9 Å². The van der Waals surface area contributed by atoms with Crippen LogP contribution in [-0.2, 0) is 0 Å². The molecule has 8 aromatic carbocycles. The summed E-state index contributed by atoms with van der Waals surface area (Å²) in [6.07, 6.45) is 0. The summed E-state index contributed by atoms with van der Waals surface area (Å²) in [4.78, 5) is 11.1. The lowest BCUT2D eigenvalue weighted by atomic mass is 9.93. The maximum Gasteiger partial charge on any atom is 0.141 e. The maximum atomic E-state index is 5.59. The molecule has 0 bridgehead atoms. The van der Waals surface area contributed by atoms with Crippen LogP contribution in [0, 0.1) is 0 Å². The zero-order valence-corrected chi connectivity index (χ0v) is 30.9. The van der Waals surface area contributed by atoms with Crippen LogP contribution >= 0.6 is 0 Å². The number of benzene rings is 8. The molecule has 1 unspecified atom stereocenters. The van der Waals surface area contributed by atoms with Crippen molar-refractivity contribution in [3.8, 4) is 45.0 Å². The topological polar surface area (TPSA) is 35.6 Å². The van der Waals surface area contributed by atoms with Gasteiger partial charge in [-0.15, -0.1) is 0 Å². The summed E-state index contributed by atoms with van der Waals surface area (Å²) in [6, 6.07) is 71.8. The second-order valence-electron chi connectivity index (χ2n) is 14.9. The van der Waals surface area contributed by atoms with Crippen molar-refractivity contribution in [2.45, 2.75) is 5.92 Å². The molecule has 0 amide bonds. The first-order chi connectivity index (χ1) is 28.3. The molecule has 12 rings (SSSR count). The summed E-state index contributed by atoms with van der Waals surface area (Å²) < 4.78 is 4.82. The number of hydrogen-bond acceptors (Lipinski definition) is 2. The Kier molecular flexibility index (Phi) is 6.96. The van der Waals surface area contributed by atoms with Crippen LogP contribution < -0.4 is 0 Å². The zero-order valence-electron chi connectivity index (χ0n) is 30.9. The Morgan fingerprint density at radius 2 is 0.912 bits per heavy atom. The molecule has 4 nitrogen and oxygen atoms in total. The summed E-state index contributed by atoms with van der Waals surface area (Å²) in [5.41, 5.74) is 15.8. The van der Waals surface area contributed by atoms with Crippen LogP contribution in [0.15, 0.2) is 200 Å². The van der Waals surface area contributed by atoms with Gasteiger partial charge in [0.25, 0.3) is 0 Å². The second-order valence-corrected chi connectivity index (χ2v) is 14.9. The lowest BCUT2D eigenvalue weighted by Gasteiger charge is -2.18. The number of fused-ring (bicyclic) bond motifs is 10. The van der Waals surface area contributed by atoms with E-state index in [2.05, 4.69) is 209 Å². The maximum absolute atomic E-state index is 5.59. The molecule has 0 radical (unpaired) electrons. The van der Waals surface area contributed by atoms with Gasteiger partial charge >= 0.3 is 0 Å². The molecule has 1 aliphatic carbocycles. The third kappa shape index (κ3) is 4.81. The van der Waals surface area contributed by atoms with E-state index < -0.39 is 0 Å². The van der Waals surface area contributed by atoms with Crippen LogP contribution in [0.25, 0.3) is 88.6 Å². The largest absolute Gasteiger partial charge is 0.309 e. The highest BCUT2D eigenvalue weighted by Gasteiger charge is 2.36. The first kappa shape index (κ1) is 31.8. The van der Waals surface area contributed by atoms with Crippen molar-refractivity contribution in [2.24, 2.45) is 0 Å². The molecule has 4 heteroatoms. The highest BCUT2D eigenvalue weighted by Crippen LogP contribution is 2.52. The fourth-order valence-electron chi connectivity index (χ4n) is 9.38. The van der Waals surface area contributed by atoms with Crippen molar-refractivity contribution in [1.82, 2.24) is 19.1 Å². The normalized spacial score (nSPS) is 13.4. The molecule has 0 fully saturated rings.